The van der Waals surface area contributed by atoms with Gasteiger partial charge in [0.1, 0.15) is 6.23 Å². The molecule has 0 saturated carbocycles. The van der Waals surface area contributed by atoms with E-state index in [9.17, 15) is 4.79 Å². The molecule has 17 heavy (non-hydrogen) atoms. The van der Waals surface area contributed by atoms with Gasteiger partial charge in [-0.15, -0.1) is 0 Å². The van der Waals surface area contributed by atoms with Crippen molar-refractivity contribution in [3.8, 4) is 0 Å². The van der Waals surface area contributed by atoms with Gasteiger partial charge in [0.2, 0.25) is 5.91 Å². The first-order valence-electron chi connectivity index (χ1n) is 7.14. The van der Waals surface area contributed by atoms with E-state index in [-0.39, 0.29) is 5.91 Å². The molecule has 0 aromatic carbocycles. The van der Waals surface area contributed by atoms with Gasteiger partial charge >= 0.3 is 0 Å². The number of hydrogen-bond acceptors (Lipinski definition) is 2. The molecule has 1 atom stereocenters. The van der Waals surface area contributed by atoms with Gasteiger partial charge in [0, 0.05) is 6.42 Å². The summed E-state index contributed by atoms with van der Waals surface area (Å²) in [6.45, 7) is 3.80. The lowest BCUT2D eigenvalue weighted by Crippen LogP contribution is -2.31. The van der Waals surface area contributed by atoms with E-state index in [1.165, 1.54) is 44.9 Å². The van der Waals surface area contributed by atoms with Gasteiger partial charge in [0.15, 0.2) is 0 Å². The molecule has 3 heteroatoms. The standard InChI is InChI=1S/C14H29NO2/c1-3-4-5-6-7-8-9-10-11-12-14(17)15-13(2)16/h13,16H,3-12H2,1-2H3,(H,15,17). The van der Waals surface area contributed by atoms with Crippen molar-refractivity contribution in [2.75, 3.05) is 0 Å². The van der Waals surface area contributed by atoms with Crippen molar-refractivity contribution in [3.63, 3.8) is 0 Å². The second kappa shape index (κ2) is 11.9. The van der Waals surface area contributed by atoms with Crippen LogP contribution in [-0.2, 0) is 4.79 Å². The second-order valence-corrected chi connectivity index (χ2v) is 4.82. The van der Waals surface area contributed by atoms with Crippen LogP contribution < -0.4 is 5.32 Å². The van der Waals surface area contributed by atoms with Crippen LogP contribution in [0.1, 0.15) is 78.1 Å². The zero-order valence-electron chi connectivity index (χ0n) is 11.5. The van der Waals surface area contributed by atoms with Crippen LogP contribution >= 0.6 is 0 Å². The van der Waals surface area contributed by atoms with Gasteiger partial charge < -0.3 is 10.4 Å². The highest BCUT2D eigenvalue weighted by molar-refractivity contribution is 5.75. The van der Waals surface area contributed by atoms with E-state index in [0.717, 1.165) is 12.8 Å². The maximum atomic E-state index is 11.2. The van der Waals surface area contributed by atoms with E-state index < -0.39 is 6.23 Å². The number of rotatable bonds is 11. The number of hydrogen-bond donors (Lipinski definition) is 2. The molecule has 0 rings (SSSR count). The van der Waals surface area contributed by atoms with Gasteiger partial charge in [0.25, 0.3) is 0 Å². The van der Waals surface area contributed by atoms with Crippen LogP contribution in [0, 0.1) is 0 Å². The summed E-state index contributed by atoms with van der Waals surface area (Å²) in [4.78, 5) is 11.2. The maximum absolute atomic E-state index is 11.2. The van der Waals surface area contributed by atoms with Gasteiger partial charge in [-0.25, -0.2) is 0 Å². The van der Waals surface area contributed by atoms with Gasteiger partial charge in [-0.05, 0) is 13.3 Å². The number of aliphatic hydroxyl groups is 1. The summed E-state index contributed by atoms with van der Waals surface area (Å²) in [5.74, 6) is -0.0389. The van der Waals surface area contributed by atoms with E-state index >= 15 is 0 Å². The second-order valence-electron chi connectivity index (χ2n) is 4.82. The molecule has 0 aromatic heterocycles. The minimum absolute atomic E-state index is 0.0389. The molecule has 3 nitrogen and oxygen atoms in total. The lowest BCUT2D eigenvalue weighted by atomic mass is 10.1. The third-order valence-electron chi connectivity index (χ3n) is 2.88. The molecule has 1 unspecified atom stereocenters. The van der Waals surface area contributed by atoms with Crippen LogP contribution in [0.25, 0.3) is 0 Å². The molecule has 2 N–H and O–H groups in total. The van der Waals surface area contributed by atoms with Crippen LogP contribution in [0.3, 0.4) is 0 Å². The lowest BCUT2D eigenvalue weighted by Gasteiger charge is -2.07. The lowest BCUT2D eigenvalue weighted by molar-refractivity contribution is -0.123. The molecule has 0 aliphatic heterocycles. The van der Waals surface area contributed by atoms with Crippen molar-refractivity contribution in [1.29, 1.82) is 0 Å². The number of nitrogens with one attached hydrogen (secondary N) is 1. The predicted octanol–water partition coefficient (Wildman–Crippen LogP) is 3.36. The summed E-state index contributed by atoms with van der Waals surface area (Å²) in [5, 5.41) is 11.4. The molecular formula is C14H29NO2. The third kappa shape index (κ3) is 13.4. The molecule has 0 aromatic rings. The first-order valence-corrected chi connectivity index (χ1v) is 7.14. The molecule has 0 bridgehead atoms. The number of unbranched alkanes of at least 4 members (excludes halogenated alkanes) is 8. The Morgan fingerprint density at radius 2 is 1.47 bits per heavy atom. The zero-order valence-corrected chi connectivity index (χ0v) is 11.5. The molecule has 0 spiro atoms. The number of amides is 1. The summed E-state index contributed by atoms with van der Waals surface area (Å²) < 4.78 is 0. The maximum Gasteiger partial charge on any atom is 0.221 e. The highest BCUT2D eigenvalue weighted by Crippen LogP contribution is 2.10. The van der Waals surface area contributed by atoms with Gasteiger partial charge in [-0.2, -0.15) is 0 Å². The predicted molar refractivity (Wildman–Crippen MR) is 71.7 cm³/mol. The Balaban J connectivity index is 3.10. The van der Waals surface area contributed by atoms with Crippen molar-refractivity contribution in [1.82, 2.24) is 5.32 Å². The molecule has 0 aliphatic carbocycles. The Bertz CT molecular complexity index is 181. The van der Waals surface area contributed by atoms with Crippen molar-refractivity contribution < 1.29 is 9.90 Å². The van der Waals surface area contributed by atoms with Crippen molar-refractivity contribution >= 4 is 5.91 Å². The average molecular weight is 243 g/mol. The van der Waals surface area contributed by atoms with E-state index in [2.05, 4.69) is 12.2 Å². The number of carbonyl (C=O) groups excluding carboxylic acids is 1. The van der Waals surface area contributed by atoms with E-state index in [1.54, 1.807) is 6.92 Å². The Morgan fingerprint density at radius 3 is 1.94 bits per heavy atom. The summed E-state index contributed by atoms with van der Waals surface area (Å²) in [7, 11) is 0. The van der Waals surface area contributed by atoms with Crippen molar-refractivity contribution in [2.24, 2.45) is 0 Å². The first-order chi connectivity index (χ1) is 8.16. The fourth-order valence-corrected chi connectivity index (χ4v) is 1.90. The third-order valence-corrected chi connectivity index (χ3v) is 2.88. The van der Waals surface area contributed by atoms with Crippen molar-refractivity contribution in [3.05, 3.63) is 0 Å². The van der Waals surface area contributed by atoms with Crippen LogP contribution in [0.15, 0.2) is 0 Å². The molecular weight excluding hydrogens is 214 g/mol. The highest BCUT2D eigenvalue weighted by Gasteiger charge is 2.02. The summed E-state index contributed by atoms with van der Waals surface area (Å²) >= 11 is 0. The number of carbonyl (C=O) groups is 1. The van der Waals surface area contributed by atoms with Gasteiger partial charge in [-0.3, -0.25) is 4.79 Å². The fraction of sp³-hybridized carbons (Fsp3) is 0.929. The highest BCUT2D eigenvalue weighted by atomic mass is 16.3. The summed E-state index contributed by atoms with van der Waals surface area (Å²) in [5.41, 5.74) is 0. The van der Waals surface area contributed by atoms with Crippen LogP contribution in [0.4, 0.5) is 0 Å². The summed E-state index contributed by atoms with van der Waals surface area (Å²) in [6.07, 6.45) is 11.1. The smallest absolute Gasteiger partial charge is 0.221 e. The molecule has 0 saturated heterocycles. The van der Waals surface area contributed by atoms with Crippen molar-refractivity contribution in [2.45, 2.75) is 84.3 Å². The van der Waals surface area contributed by atoms with Crippen LogP contribution in [0.5, 0.6) is 0 Å². The SMILES string of the molecule is CCCCCCCCCCCC(=O)NC(C)O. The van der Waals surface area contributed by atoms with E-state index in [1.807, 2.05) is 0 Å². The minimum Gasteiger partial charge on any atom is -0.374 e. The largest absolute Gasteiger partial charge is 0.374 e. The molecule has 0 radical (unpaired) electrons. The van der Waals surface area contributed by atoms with E-state index in [4.69, 9.17) is 5.11 Å². The Kier molecular flexibility index (Phi) is 11.5. The molecule has 0 heterocycles. The zero-order chi connectivity index (χ0) is 12.9. The quantitative estimate of drug-likeness (QED) is 0.432. The molecule has 0 aliphatic rings. The first kappa shape index (κ1) is 16.4. The minimum atomic E-state index is -0.721. The van der Waals surface area contributed by atoms with Gasteiger partial charge in [0.05, 0.1) is 0 Å². The molecule has 1 amide bonds. The Hall–Kier alpha value is -0.570. The number of aliphatic hydroxyl groups excluding tert-OH is 1. The van der Waals surface area contributed by atoms with Crippen LogP contribution in [0.2, 0.25) is 0 Å². The van der Waals surface area contributed by atoms with Crippen LogP contribution in [-0.4, -0.2) is 17.2 Å². The molecule has 0 fully saturated rings. The van der Waals surface area contributed by atoms with E-state index in [0.29, 0.717) is 6.42 Å². The van der Waals surface area contributed by atoms with Gasteiger partial charge in [-0.1, -0.05) is 58.3 Å². The Morgan fingerprint density at radius 1 is 1.00 bits per heavy atom. The Labute approximate surface area is 106 Å². The average Bonchev–Trinajstić information content (AvgIpc) is 2.26. The normalized spacial score (nSPS) is 12.4. The monoisotopic (exact) mass is 243 g/mol. The molecule has 102 valence electrons. The topological polar surface area (TPSA) is 49.3 Å². The fourth-order valence-electron chi connectivity index (χ4n) is 1.90. The summed E-state index contributed by atoms with van der Waals surface area (Å²) in [6, 6.07) is 0.